The van der Waals surface area contributed by atoms with Gasteiger partial charge in [-0.05, 0) is 147 Å². The van der Waals surface area contributed by atoms with Gasteiger partial charge in [0.25, 0.3) is 13.4 Å². The molecule has 0 atom stereocenters. The van der Waals surface area contributed by atoms with Gasteiger partial charge in [-0.1, -0.05) is 249 Å². The van der Waals surface area contributed by atoms with Crippen LogP contribution in [0.1, 0.15) is 0 Å². The van der Waals surface area contributed by atoms with Gasteiger partial charge in [0.2, 0.25) is 0 Å². The van der Waals surface area contributed by atoms with Gasteiger partial charge in [-0.2, -0.15) is 0 Å². The number of benzene rings is 15. The van der Waals surface area contributed by atoms with Gasteiger partial charge in [0, 0.05) is 95.2 Å². The summed E-state index contributed by atoms with van der Waals surface area (Å²) in [6, 6.07) is 132. The van der Waals surface area contributed by atoms with E-state index in [9.17, 15) is 0 Å². The van der Waals surface area contributed by atoms with E-state index in [0.717, 1.165) is 107 Å². The van der Waals surface area contributed by atoms with E-state index >= 15 is 0 Å². The van der Waals surface area contributed by atoms with Gasteiger partial charge < -0.3 is 28.7 Å². The molecule has 8 heteroatoms. The highest BCUT2D eigenvalue weighted by atomic mass is 15.2. The molecule has 6 heterocycles. The minimum Gasteiger partial charge on any atom is -0.311 e. The summed E-state index contributed by atoms with van der Waals surface area (Å²) in [6.45, 7) is -0.450. The van der Waals surface area contributed by atoms with Crippen LogP contribution in [0.5, 0.6) is 0 Å². The SMILES string of the molecule is c1ccc(-c2cccc(-c3ccccc3)c2N2c3cc4c(cc3B3c5ccccc5N(c5ccccc5)c5c3c2cc2c5c3ccccc3n2-c2ccccc2)B2c3ccccc3N(c3ccccc3)c3c2c(cc2c3c3ccccc3n2-c2ccccc2)N4c2ccccc2)cc1. The molecule has 15 aromatic carbocycles. The summed E-state index contributed by atoms with van der Waals surface area (Å²) in [5.74, 6) is 0. The molecule has 0 bridgehead atoms. The molecule has 4 aliphatic heterocycles. The summed E-state index contributed by atoms with van der Waals surface area (Å²) >= 11 is 0. The van der Waals surface area contributed by atoms with Crippen LogP contribution in [0.25, 0.3) is 77.2 Å². The molecule has 0 saturated carbocycles. The lowest BCUT2D eigenvalue weighted by molar-refractivity contribution is 1.17. The molecule has 0 saturated heterocycles. The standard InChI is InChI=1S/C90H58B2N6/c1-8-31-59(32-9-1)66-47-30-48-67(60-33-10-2-11-34-60)88(66)98-79-56-78-72(55-73(79)92-71-50-25-29-54-77(71)97(65-43-20-7-21-44-65)90-85-69-46-23-27-52-75(69)94(62-37-14-4-15-38-62)81(85)58-83(98)87(90)92)91-70-49-24-28-53-76(70)96(64-41-18-6-19-42-64)89-84-68-45-22-26-51-74(68)93(61-35-12-3-13-36-61)80(84)57-82(86(89)91)95(78)63-39-16-5-17-40-63/h1-58H. The number of para-hydroxylation sites is 10. The quantitative estimate of drug-likeness (QED) is 0.141. The van der Waals surface area contributed by atoms with Crippen LogP contribution >= 0.6 is 0 Å². The topological polar surface area (TPSA) is 22.8 Å². The van der Waals surface area contributed by atoms with E-state index in [-0.39, 0.29) is 13.4 Å². The molecule has 21 rings (SSSR count). The fourth-order valence-electron chi connectivity index (χ4n) is 17.4. The fourth-order valence-corrected chi connectivity index (χ4v) is 17.4. The van der Waals surface area contributed by atoms with Gasteiger partial charge in [-0.25, -0.2) is 0 Å². The zero-order valence-electron chi connectivity index (χ0n) is 53.3. The van der Waals surface area contributed by atoms with Crippen molar-refractivity contribution in [1.29, 1.82) is 0 Å². The summed E-state index contributed by atoms with van der Waals surface area (Å²) < 4.78 is 5.02. The fraction of sp³-hybridized carbons (Fsp3) is 0. The molecule has 4 aliphatic rings. The number of fused-ring (bicyclic) bond motifs is 16. The molecule has 454 valence electrons. The Balaban J connectivity index is 0.971. The summed E-state index contributed by atoms with van der Waals surface area (Å²) in [5, 5.41) is 4.84. The monoisotopic (exact) mass is 1240 g/mol. The molecule has 6 nitrogen and oxygen atoms in total. The molecule has 0 spiro atoms. The highest BCUT2D eigenvalue weighted by Crippen LogP contribution is 2.56. The van der Waals surface area contributed by atoms with Gasteiger partial charge in [0.1, 0.15) is 0 Å². The normalized spacial score (nSPS) is 13.2. The van der Waals surface area contributed by atoms with Gasteiger partial charge in [-0.3, -0.25) is 0 Å². The van der Waals surface area contributed by atoms with E-state index in [1.54, 1.807) is 0 Å². The van der Waals surface area contributed by atoms with Crippen molar-refractivity contribution >= 4 is 158 Å². The van der Waals surface area contributed by atoms with E-state index in [1.807, 2.05) is 0 Å². The Morgan fingerprint density at radius 2 is 0.551 bits per heavy atom. The summed E-state index contributed by atoms with van der Waals surface area (Å²) in [6.07, 6.45) is 0. The predicted octanol–water partition coefficient (Wildman–Crippen LogP) is 19.4. The first-order chi connectivity index (χ1) is 48.7. The minimum absolute atomic E-state index is 0.212. The number of anilines is 12. The zero-order chi connectivity index (χ0) is 64.1. The first-order valence-electron chi connectivity index (χ1n) is 34.0. The van der Waals surface area contributed by atoms with Crippen LogP contribution in [0.2, 0.25) is 0 Å². The van der Waals surface area contributed by atoms with Crippen LogP contribution < -0.4 is 52.4 Å². The first kappa shape index (κ1) is 54.6. The Hall–Kier alpha value is -12.8. The highest BCUT2D eigenvalue weighted by Gasteiger charge is 2.50. The second-order valence-corrected chi connectivity index (χ2v) is 26.2. The Morgan fingerprint density at radius 1 is 0.204 bits per heavy atom. The smallest absolute Gasteiger partial charge is 0.252 e. The third kappa shape index (κ3) is 7.76. The van der Waals surface area contributed by atoms with Gasteiger partial charge in [-0.15, -0.1) is 0 Å². The molecule has 2 aromatic heterocycles. The maximum atomic E-state index is 2.71. The third-order valence-corrected chi connectivity index (χ3v) is 21.2. The molecular formula is C90H58B2N6. The van der Waals surface area contributed by atoms with Crippen molar-refractivity contribution in [1.82, 2.24) is 9.13 Å². The summed E-state index contributed by atoms with van der Waals surface area (Å²) in [4.78, 5) is 10.5. The van der Waals surface area contributed by atoms with Crippen molar-refractivity contribution in [2.45, 2.75) is 0 Å². The lowest BCUT2D eigenvalue weighted by atomic mass is 9.30. The molecule has 0 amide bonds. The summed E-state index contributed by atoms with van der Waals surface area (Å²) in [5.41, 5.74) is 32.5. The van der Waals surface area contributed by atoms with Crippen LogP contribution in [0.15, 0.2) is 352 Å². The first-order valence-corrected chi connectivity index (χ1v) is 34.0. The average Bonchev–Trinajstić information content (AvgIpc) is 1.14. The number of hydrogen-bond donors (Lipinski definition) is 0. The van der Waals surface area contributed by atoms with Crippen molar-refractivity contribution in [3.8, 4) is 33.6 Å². The minimum atomic E-state index is -0.239. The maximum Gasteiger partial charge on any atom is 0.252 e. The van der Waals surface area contributed by atoms with Crippen molar-refractivity contribution in [3.63, 3.8) is 0 Å². The van der Waals surface area contributed by atoms with Crippen LogP contribution in [-0.4, -0.2) is 22.6 Å². The van der Waals surface area contributed by atoms with Crippen LogP contribution in [-0.2, 0) is 0 Å². The van der Waals surface area contributed by atoms with Crippen molar-refractivity contribution in [2.75, 3.05) is 19.6 Å². The third-order valence-electron chi connectivity index (χ3n) is 21.2. The highest BCUT2D eigenvalue weighted by molar-refractivity contribution is 7.03. The second-order valence-electron chi connectivity index (χ2n) is 26.2. The zero-order valence-corrected chi connectivity index (χ0v) is 53.3. The molecule has 17 aromatic rings. The lowest BCUT2D eigenvalue weighted by Gasteiger charge is -2.48. The van der Waals surface area contributed by atoms with E-state index in [1.165, 1.54) is 71.4 Å². The van der Waals surface area contributed by atoms with E-state index < -0.39 is 0 Å². The number of nitrogens with zero attached hydrogens (tertiary/aromatic N) is 6. The maximum absolute atomic E-state index is 2.71. The molecule has 0 fully saturated rings. The molecule has 0 N–H and O–H groups in total. The lowest BCUT2D eigenvalue weighted by Crippen LogP contribution is -2.65. The Morgan fingerprint density at radius 3 is 0.990 bits per heavy atom. The van der Waals surface area contributed by atoms with Crippen LogP contribution in [0.4, 0.5) is 68.2 Å². The molecule has 0 aliphatic carbocycles. The van der Waals surface area contributed by atoms with Gasteiger partial charge in [0.05, 0.1) is 39.1 Å². The molecule has 0 radical (unpaired) electrons. The Bertz CT molecular complexity index is 6020. The van der Waals surface area contributed by atoms with Gasteiger partial charge in [0.15, 0.2) is 0 Å². The Kier molecular flexibility index (Phi) is 11.9. The molecule has 98 heavy (non-hydrogen) atoms. The van der Waals surface area contributed by atoms with E-state index in [4.69, 9.17) is 0 Å². The van der Waals surface area contributed by atoms with E-state index in [0.29, 0.717) is 0 Å². The van der Waals surface area contributed by atoms with Crippen LogP contribution in [0, 0.1) is 0 Å². The second kappa shape index (κ2) is 21.4. The number of aromatic nitrogens is 2. The van der Waals surface area contributed by atoms with Crippen molar-refractivity contribution in [3.05, 3.63) is 352 Å². The average molecular weight is 1250 g/mol. The van der Waals surface area contributed by atoms with Crippen molar-refractivity contribution in [2.24, 2.45) is 0 Å². The summed E-state index contributed by atoms with van der Waals surface area (Å²) in [7, 11) is 0. The van der Waals surface area contributed by atoms with E-state index in [2.05, 4.69) is 381 Å². The van der Waals surface area contributed by atoms with Crippen LogP contribution in [0.3, 0.4) is 0 Å². The molecular weight excluding hydrogens is 1190 g/mol. The number of hydrogen-bond acceptors (Lipinski definition) is 4. The van der Waals surface area contributed by atoms with Crippen molar-refractivity contribution < 1.29 is 0 Å². The van der Waals surface area contributed by atoms with Gasteiger partial charge >= 0.3 is 0 Å². The Labute approximate surface area is 568 Å². The number of rotatable bonds is 8. The predicted molar refractivity (Wildman–Crippen MR) is 414 cm³/mol. The molecule has 0 unspecified atom stereocenters. The largest absolute Gasteiger partial charge is 0.311 e.